The molecule has 1 fully saturated rings. The first-order valence-electron chi connectivity index (χ1n) is 6.23. The second-order valence-electron chi connectivity index (χ2n) is 5.02. The topological polar surface area (TPSA) is 36.7 Å². The quantitative estimate of drug-likeness (QED) is 0.856. The van der Waals surface area contributed by atoms with Crippen molar-refractivity contribution in [2.75, 3.05) is 26.7 Å². The van der Waals surface area contributed by atoms with E-state index < -0.39 is 0 Å². The fourth-order valence-corrected chi connectivity index (χ4v) is 2.82. The maximum absolute atomic E-state index is 11.3. The zero-order valence-corrected chi connectivity index (χ0v) is 12.4. The van der Waals surface area contributed by atoms with Gasteiger partial charge in [0.05, 0.1) is 6.54 Å². The number of rotatable bonds is 4. The largest absolute Gasteiger partial charge is 0.453 e. The average molecular weight is 315 g/mol. The highest BCUT2D eigenvalue weighted by atomic mass is 79.9. The highest BCUT2D eigenvalue weighted by Gasteiger charge is 2.25. The van der Waals surface area contributed by atoms with Gasteiger partial charge in [-0.05, 0) is 47.4 Å². The summed E-state index contributed by atoms with van der Waals surface area (Å²) in [5, 5.41) is 0. The molecule has 2 rings (SSSR count). The second-order valence-corrected chi connectivity index (χ2v) is 5.80. The first-order chi connectivity index (χ1) is 8.54. The first-order valence-corrected chi connectivity index (χ1v) is 7.02. The highest BCUT2D eigenvalue weighted by Crippen LogP contribution is 2.19. The van der Waals surface area contributed by atoms with Gasteiger partial charge >= 0.3 is 0 Å². The molecule has 1 amide bonds. The minimum atomic E-state index is 0.190. The normalized spacial score (nSPS) is 19.8. The van der Waals surface area contributed by atoms with Crippen LogP contribution in [0.2, 0.25) is 0 Å². The van der Waals surface area contributed by atoms with E-state index in [1.807, 2.05) is 17.0 Å². The monoisotopic (exact) mass is 314 g/mol. The molecule has 0 spiro atoms. The summed E-state index contributed by atoms with van der Waals surface area (Å²) in [6, 6.07) is 3.90. The average Bonchev–Trinajstić information content (AvgIpc) is 2.88. The molecule has 1 aliphatic rings. The summed E-state index contributed by atoms with van der Waals surface area (Å²) in [7, 11) is 2.09. The summed E-state index contributed by atoms with van der Waals surface area (Å²) in [6.45, 7) is 5.25. The van der Waals surface area contributed by atoms with E-state index in [-0.39, 0.29) is 5.91 Å². The molecule has 1 saturated heterocycles. The summed E-state index contributed by atoms with van der Waals surface area (Å²) in [5.74, 6) is 1.73. The predicted octanol–water partition coefficient (Wildman–Crippen LogP) is 2.34. The van der Waals surface area contributed by atoms with Gasteiger partial charge in [-0.25, -0.2) is 0 Å². The summed E-state index contributed by atoms with van der Waals surface area (Å²) >= 11 is 3.30. The number of furan rings is 1. The van der Waals surface area contributed by atoms with Crippen LogP contribution < -0.4 is 0 Å². The third-order valence-electron chi connectivity index (χ3n) is 3.36. The van der Waals surface area contributed by atoms with E-state index >= 15 is 0 Å². The summed E-state index contributed by atoms with van der Waals surface area (Å²) in [4.78, 5) is 15.4. The van der Waals surface area contributed by atoms with Crippen molar-refractivity contribution in [2.45, 2.75) is 19.9 Å². The maximum atomic E-state index is 11.3. The number of hydrogen-bond donors (Lipinski definition) is 0. The Bertz CT molecular complexity index is 419. The molecule has 0 aromatic carbocycles. The Kier molecular flexibility index (Phi) is 4.45. The van der Waals surface area contributed by atoms with Gasteiger partial charge in [-0.1, -0.05) is 0 Å². The van der Waals surface area contributed by atoms with Gasteiger partial charge < -0.3 is 9.32 Å². The third kappa shape index (κ3) is 3.59. The van der Waals surface area contributed by atoms with E-state index in [1.54, 1.807) is 6.92 Å². The number of carbonyl (C=O) groups excluding carboxylic acids is 1. The van der Waals surface area contributed by atoms with Crippen LogP contribution in [-0.4, -0.2) is 42.4 Å². The van der Waals surface area contributed by atoms with Crippen molar-refractivity contribution in [1.82, 2.24) is 9.80 Å². The van der Waals surface area contributed by atoms with E-state index in [0.717, 1.165) is 43.0 Å². The lowest BCUT2D eigenvalue weighted by molar-refractivity contribution is -0.127. The number of likely N-dealkylation sites (tertiary alicyclic amines) is 1. The summed E-state index contributed by atoms with van der Waals surface area (Å²) < 4.78 is 6.26. The molecule has 2 heterocycles. The van der Waals surface area contributed by atoms with Crippen molar-refractivity contribution in [3.8, 4) is 0 Å². The Morgan fingerprint density at radius 2 is 2.39 bits per heavy atom. The van der Waals surface area contributed by atoms with E-state index in [1.165, 1.54) is 0 Å². The van der Waals surface area contributed by atoms with Crippen LogP contribution in [0, 0.1) is 5.92 Å². The van der Waals surface area contributed by atoms with Crippen LogP contribution in [0.1, 0.15) is 19.1 Å². The van der Waals surface area contributed by atoms with Crippen LogP contribution >= 0.6 is 15.9 Å². The number of hydrogen-bond acceptors (Lipinski definition) is 3. The molecule has 1 aliphatic heterocycles. The number of nitrogens with zero attached hydrogens (tertiary/aromatic N) is 2. The summed E-state index contributed by atoms with van der Waals surface area (Å²) in [5.41, 5.74) is 0. The lowest BCUT2D eigenvalue weighted by Gasteiger charge is -2.20. The minimum absolute atomic E-state index is 0.190. The third-order valence-corrected chi connectivity index (χ3v) is 3.78. The van der Waals surface area contributed by atoms with Crippen molar-refractivity contribution in [1.29, 1.82) is 0 Å². The lowest BCUT2D eigenvalue weighted by atomic mass is 10.1. The van der Waals surface area contributed by atoms with Gasteiger partial charge in [-0.3, -0.25) is 9.69 Å². The van der Waals surface area contributed by atoms with Gasteiger partial charge in [0.15, 0.2) is 4.67 Å². The molecule has 0 bridgehead atoms. The zero-order valence-electron chi connectivity index (χ0n) is 10.9. The maximum Gasteiger partial charge on any atom is 0.219 e. The van der Waals surface area contributed by atoms with Crippen molar-refractivity contribution in [3.63, 3.8) is 0 Å². The highest BCUT2D eigenvalue weighted by molar-refractivity contribution is 9.10. The Labute approximate surface area is 116 Å². The van der Waals surface area contributed by atoms with Crippen molar-refractivity contribution in [2.24, 2.45) is 5.92 Å². The molecule has 0 saturated carbocycles. The SMILES string of the molecule is CC(=O)N1CC[C@@H](CN(C)Cc2ccc(Br)o2)C1. The van der Waals surface area contributed by atoms with E-state index in [0.29, 0.717) is 5.92 Å². The lowest BCUT2D eigenvalue weighted by Crippen LogP contribution is -2.30. The summed E-state index contributed by atoms with van der Waals surface area (Å²) in [6.07, 6.45) is 1.10. The van der Waals surface area contributed by atoms with Crippen molar-refractivity contribution in [3.05, 3.63) is 22.6 Å². The van der Waals surface area contributed by atoms with Gasteiger partial charge in [-0.15, -0.1) is 0 Å². The predicted molar refractivity (Wildman–Crippen MR) is 73.1 cm³/mol. The number of amides is 1. The fourth-order valence-electron chi connectivity index (χ4n) is 2.48. The van der Waals surface area contributed by atoms with Crippen molar-refractivity contribution < 1.29 is 9.21 Å². The standard InChI is InChI=1S/C13H19BrN2O2/c1-10(17)16-6-5-11(8-16)7-15(2)9-12-3-4-13(14)18-12/h3-4,11H,5-9H2,1-2H3/t11-/m0/s1. The van der Waals surface area contributed by atoms with E-state index in [4.69, 9.17) is 4.42 Å². The number of halogens is 1. The Hall–Kier alpha value is -0.810. The van der Waals surface area contributed by atoms with Crippen LogP contribution in [0.4, 0.5) is 0 Å². The fraction of sp³-hybridized carbons (Fsp3) is 0.615. The molecule has 0 unspecified atom stereocenters. The zero-order chi connectivity index (χ0) is 13.1. The van der Waals surface area contributed by atoms with E-state index in [2.05, 4.69) is 27.9 Å². The molecule has 0 radical (unpaired) electrons. The van der Waals surface area contributed by atoms with Gasteiger partial charge in [0.25, 0.3) is 0 Å². The molecule has 5 heteroatoms. The van der Waals surface area contributed by atoms with Gasteiger partial charge in [-0.2, -0.15) is 0 Å². The first kappa shape index (κ1) is 13.6. The molecular weight excluding hydrogens is 296 g/mol. The smallest absolute Gasteiger partial charge is 0.219 e. The van der Waals surface area contributed by atoms with Crippen LogP contribution in [0.25, 0.3) is 0 Å². The molecular formula is C13H19BrN2O2. The second kappa shape index (κ2) is 5.89. The van der Waals surface area contributed by atoms with Gasteiger partial charge in [0.2, 0.25) is 5.91 Å². The molecule has 100 valence electrons. The molecule has 4 nitrogen and oxygen atoms in total. The molecule has 0 aliphatic carbocycles. The van der Waals surface area contributed by atoms with Crippen LogP contribution in [0.15, 0.2) is 21.2 Å². The molecule has 0 N–H and O–H groups in total. The van der Waals surface area contributed by atoms with Crippen LogP contribution in [-0.2, 0) is 11.3 Å². The molecule has 1 aromatic heterocycles. The Balaban J connectivity index is 1.78. The molecule has 1 aromatic rings. The van der Waals surface area contributed by atoms with Crippen LogP contribution in [0.5, 0.6) is 0 Å². The Morgan fingerprint density at radius 1 is 1.61 bits per heavy atom. The molecule has 18 heavy (non-hydrogen) atoms. The number of carbonyl (C=O) groups is 1. The molecule has 1 atom stereocenters. The minimum Gasteiger partial charge on any atom is -0.453 e. The Morgan fingerprint density at radius 3 is 2.94 bits per heavy atom. The van der Waals surface area contributed by atoms with Crippen LogP contribution in [0.3, 0.4) is 0 Å². The van der Waals surface area contributed by atoms with Gasteiger partial charge in [0, 0.05) is 26.6 Å². The van der Waals surface area contributed by atoms with E-state index in [9.17, 15) is 4.79 Å². The van der Waals surface area contributed by atoms with Gasteiger partial charge in [0.1, 0.15) is 5.76 Å². The van der Waals surface area contributed by atoms with Crippen molar-refractivity contribution >= 4 is 21.8 Å².